The molecule has 2 aromatic rings. The maximum atomic E-state index is 12.9. The van der Waals surface area contributed by atoms with E-state index < -0.39 is 17.9 Å². The molecule has 7 nitrogen and oxygen atoms in total. The van der Waals surface area contributed by atoms with E-state index in [0.29, 0.717) is 33.6 Å². The molecular weight excluding hydrogens is 448 g/mol. The molecular formula is C28H24O7. The van der Waals surface area contributed by atoms with Crippen LogP contribution in [0.15, 0.2) is 63.8 Å². The minimum Gasteiger partial charge on any atom is -0.481 e. The van der Waals surface area contributed by atoms with Gasteiger partial charge in [-0.25, -0.2) is 4.79 Å². The molecule has 1 aliphatic carbocycles. The van der Waals surface area contributed by atoms with Crippen LogP contribution in [0.5, 0.6) is 0 Å². The van der Waals surface area contributed by atoms with Crippen molar-refractivity contribution < 1.29 is 28.6 Å². The summed E-state index contributed by atoms with van der Waals surface area (Å²) in [6.45, 7) is 3.62. The summed E-state index contributed by atoms with van der Waals surface area (Å²) >= 11 is 0. The Balaban J connectivity index is 1.95. The van der Waals surface area contributed by atoms with Gasteiger partial charge in [-0.3, -0.25) is 14.4 Å². The average molecular weight is 472 g/mol. The van der Waals surface area contributed by atoms with Crippen molar-refractivity contribution in [2.75, 3.05) is 7.11 Å². The molecule has 1 atom stereocenters. The number of rotatable bonds is 7. The number of carbonyl (C=O) groups excluding carboxylic acids is 2. The lowest BCUT2D eigenvalue weighted by atomic mass is 9.86. The van der Waals surface area contributed by atoms with Crippen LogP contribution >= 0.6 is 0 Å². The van der Waals surface area contributed by atoms with Crippen LogP contribution in [0.3, 0.4) is 0 Å². The Labute approximate surface area is 201 Å². The van der Waals surface area contributed by atoms with Crippen LogP contribution in [-0.4, -0.2) is 29.9 Å². The van der Waals surface area contributed by atoms with Gasteiger partial charge < -0.3 is 14.3 Å². The Morgan fingerprint density at radius 1 is 0.971 bits per heavy atom. The quantitative estimate of drug-likeness (QED) is 0.291. The van der Waals surface area contributed by atoms with Gasteiger partial charge in [0.25, 0.3) is 0 Å². The highest BCUT2D eigenvalue weighted by atomic mass is 16.5. The summed E-state index contributed by atoms with van der Waals surface area (Å²) < 4.78 is 11.1. The van der Waals surface area contributed by atoms with Crippen molar-refractivity contribution in [1.82, 2.24) is 0 Å². The van der Waals surface area contributed by atoms with Crippen LogP contribution in [-0.2, 0) is 14.3 Å². The molecule has 0 aromatic heterocycles. The second-order valence-electron chi connectivity index (χ2n) is 8.51. The lowest BCUT2D eigenvalue weighted by molar-refractivity contribution is -0.138. The van der Waals surface area contributed by atoms with E-state index in [0.717, 1.165) is 10.9 Å². The Bertz CT molecular complexity index is 1500. The van der Waals surface area contributed by atoms with Gasteiger partial charge in [0.1, 0.15) is 17.1 Å². The first-order chi connectivity index (χ1) is 16.7. The number of ether oxygens (including phenoxy) is 1. The van der Waals surface area contributed by atoms with Crippen LogP contribution in [0.25, 0.3) is 33.4 Å². The number of aliphatic carboxylic acids is 1. The zero-order valence-electron chi connectivity index (χ0n) is 19.6. The molecule has 0 amide bonds. The molecule has 2 aromatic carbocycles. The van der Waals surface area contributed by atoms with E-state index in [9.17, 15) is 19.2 Å². The maximum Gasteiger partial charge on any atom is 0.338 e. The number of carbonyl (C=O) groups is 3. The number of carboxylic acid groups (broad SMARTS) is 1. The third-order valence-corrected chi connectivity index (χ3v) is 6.14. The number of hydrogen-bond acceptors (Lipinski definition) is 6. The number of aryl methyl sites for hydroxylation is 1. The number of fused-ring (bicyclic) bond motifs is 2. The standard InChI is InChI=1S/C28H24O7/c1-15-4-7-20-24(12-15)35-25-14-18(29)6-9-21(25)27(20)19-8-5-17(13-22(19)28(33)34-3)16(2)23(30)10-11-26(31)32/h4-9,12-14,16H,10-11H2,1-3H3,(H,31,32). The first-order valence-corrected chi connectivity index (χ1v) is 11.1. The van der Waals surface area contributed by atoms with Gasteiger partial charge in [-0.05, 0) is 47.9 Å². The fourth-order valence-corrected chi connectivity index (χ4v) is 4.23. The predicted molar refractivity (Wildman–Crippen MR) is 131 cm³/mol. The first-order valence-electron chi connectivity index (χ1n) is 11.1. The molecule has 1 N–H and O–H groups in total. The molecule has 7 heteroatoms. The molecule has 0 spiro atoms. The van der Waals surface area contributed by atoms with Crippen molar-refractivity contribution >= 4 is 28.7 Å². The zero-order valence-corrected chi connectivity index (χ0v) is 19.6. The second-order valence-corrected chi connectivity index (χ2v) is 8.51. The van der Waals surface area contributed by atoms with E-state index in [2.05, 4.69) is 0 Å². The van der Waals surface area contributed by atoms with E-state index >= 15 is 0 Å². The van der Waals surface area contributed by atoms with Gasteiger partial charge in [-0.1, -0.05) is 31.2 Å². The zero-order chi connectivity index (χ0) is 25.3. The van der Waals surface area contributed by atoms with Crippen LogP contribution in [0.2, 0.25) is 0 Å². The molecule has 35 heavy (non-hydrogen) atoms. The molecule has 0 fully saturated rings. The van der Waals surface area contributed by atoms with Crippen molar-refractivity contribution in [2.45, 2.75) is 32.6 Å². The third-order valence-electron chi connectivity index (χ3n) is 6.14. The molecule has 0 saturated heterocycles. The molecule has 0 radical (unpaired) electrons. The molecule has 1 aliphatic heterocycles. The monoisotopic (exact) mass is 472 g/mol. The molecule has 2 aliphatic rings. The summed E-state index contributed by atoms with van der Waals surface area (Å²) in [6, 6.07) is 15.3. The lowest BCUT2D eigenvalue weighted by Gasteiger charge is -2.19. The van der Waals surface area contributed by atoms with Crippen LogP contribution in [0.4, 0.5) is 0 Å². The van der Waals surface area contributed by atoms with Gasteiger partial charge in [0.15, 0.2) is 5.43 Å². The van der Waals surface area contributed by atoms with Crippen molar-refractivity contribution in [3.8, 4) is 22.5 Å². The van der Waals surface area contributed by atoms with Gasteiger partial charge in [-0.2, -0.15) is 0 Å². The molecule has 4 rings (SSSR count). The lowest BCUT2D eigenvalue weighted by Crippen LogP contribution is -2.13. The fourth-order valence-electron chi connectivity index (χ4n) is 4.23. The predicted octanol–water partition coefficient (Wildman–Crippen LogP) is 5.20. The van der Waals surface area contributed by atoms with E-state index in [1.54, 1.807) is 31.2 Å². The first kappa shape index (κ1) is 23.9. The van der Waals surface area contributed by atoms with E-state index in [4.69, 9.17) is 14.3 Å². The molecule has 178 valence electrons. The van der Waals surface area contributed by atoms with Gasteiger partial charge >= 0.3 is 11.9 Å². The highest BCUT2D eigenvalue weighted by Crippen LogP contribution is 2.42. The van der Waals surface area contributed by atoms with Gasteiger partial charge in [-0.15, -0.1) is 0 Å². The fraction of sp³-hybridized carbons (Fsp3) is 0.214. The summed E-state index contributed by atoms with van der Waals surface area (Å²) in [5.41, 5.74) is 4.11. The van der Waals surface area contributed by atoms with Gasteiger partial charge in [0.2, 0.25) is 0 Å². The van der Waals surface area contributed by atoms with E-state index in [-0.39, 0.29) is 29.6 Å². The number of carboxylic acids is 1. The van der Waals surface area contributed by atoms with Crippen molar-refractivity contribution in [1.29, 1.82) is 0 Å². The Hall–Kier alpha value is -4.26. The van der Waals surface area contributed by atoms with Crippen LogP contribution in [0, 0.1) is 6.92 Å². The summed E-state index contributed by atoms with van der Waals surface area (Å²) in [5.74, 6) is -2.06. The number of ketones is 1. The van der Waals surface area contributed by atoms with Gasteiger partial charge in [0, 0.05) is 34.9 Å². The maximum absolute atomic E-state index is 12.9. The summed E-state index contributed by atoms with van der Waals surface area (Å²) in [6.07, 6.45) is -0.351. The van der Waals surface area contributed by atoms with E-state index in [1.807, 2.05) is 25.1 Å². The van der Waals surface area contributed by atoms with Crippen molar-refractivity contribution in [3.63, 3.8) is 0 Å². The molecule has 0 bridgehead atoms. The third kappa shape index (κ3) is 4.71. The van der Waals surface area contributed by atoms with Crippen molar-refractivity contribution in [3.05, 3.63) is 81.5 Å². The number of hydrogen-bond donors (Lipinski definition) is 1. The number of Topliss-reactive ketones (excluding diaryl/α,β-unsaturated/α-hetero) is 1. The summed E-state index contributed by atoms with van der Waals surface area (Å²) in [4.78, 5) is 48.3. The number of esters is 1. The second kappa shape index (κ2) is 9.54. The summed E-state index contributed by atoms with van der Waals surface area (Å²) in [5, 5.41) is 9.65. The Kier molecular flexibility index (Phi) is 6.51. The number of benzene rings is 3. The SMILES string of the molecule is COC(=O)c1cc(C(C)C(=O)CCC(=O)O)ccc1-c1c2ccc(=O)cc-2oc2cc(C)ccc12. The molecule has 1 heterocycles. The Morgan fingerprint density at radius 3 is 2.43 bits per heavy atom. The molecule has 0 saturated carbocycles. The summed E-state index contributed by atoms with van der Waals surface area (Å²) in [7, 11) is 1.28. The smallest absolute Gasteiger partial charge is 0.338 e. The largest absolute Gasteiger partial charge is 0.481 e. The topological polar surface area (TPSA) is 111 Å². The minimum atomic E-state index is -1.04. The van der Waals surface area contributed by atoms with Crippen LogP contribution in [0.1, 0.15) is 47.2 Å². The average Bonchev–Trinajstić information content (AvgIpc) is 2.84. The minimum absolute atomic E-state index is 0.0991. The highest BCUT2D eigenvalue weighted by molar-refractivity contribution is 6.08. The molecule has 1 unspecified atom stereocenters. The Morgan fingerprint density at radius 2 is 1.71 bits per heavy atom. The number of methoxy groups -OCH3 is 1. The van der Waals surface area contributed by atoms with Crippen molar-refractivity contribution in [2.24, 2.45) is 0 Å². The normalized spacial score (nSPS) is 12.0. The van der Waals surface area contributed by atoms with Crippen LogP contribution < -0.4 is 5.43 Å². The highest BCUT2D eigenvalue weighted by Gasteiger charge is 2.24. The van der Waals surface area contributed by atoms with Gasteiger partial charge in [0.05, 0.1) is 19.1 Å². The van der Waals surface area contributed by atoms with E-state index in [1.165, 1.54) is 19.2 Å².